The molecular formula is C16H19N5OS. The summed E-state index contributed by atoms with van der Waals surface area (Å²) < 4.78 is 7.46. The molecule has 1 fully saturated rings. The zero-order valence-electron chi connectivity index (χ0n) is 12.8. The fraction of sp³-hybridized carbons (Fsp3) is 0.438. The van der Waals surface area contributed by atoms with E-state index in [9.17, 15) is 0 Å². The third kappa shape index (κ3) is 3.35. The lowest BCUT2D eigenvalue weighted by Crippen LogP contribution is -2.41. The Labute approximate surface area is 138 Å². The highest BCUT2D eigenvalue weighted by molar-refractivity contribution is 7.08. The minimum Gasteiger partial charge on any atom is -0.338 e. The third-order valence-corrected chi connectivity index (χ3v) is 4.98. The van der Waals surface area contributed by atoms with E-state index < -0.39 is 0 Å². The second-order valence-electron chi connectivity index (χ2n) is 5.87. The number of likely N-dealkylation sites (tertiary alicyclic amines) is 1. The van der Waals surface area contributed by atoms with Crippen LogP contribution in [0.1, 0.15) is 25.2 Å². The summed E-state index contributed by atoms with van der Waals surface area (Å²) in [4.78, 5) is 6.98. The van der Waals surface area contributed by atoms with Gasteiger partial charge in [-0.15, -0.1) is 0 Å². The van der Waals surface area contributed by atoms with Gasteiger partial charge in [0.2, 0.25) is 11.7 Å². The van der Waals surface area contributed by atoms with E-state index in [4.69, 9.17) is 4.52 Å². The highest BCUT2D eigenvalue weighted by Gasteiger charge is 2.25. The maximum Gasteiger partial charge on any atom is 0.241 e. The van der Waals surface area contributed by atoms with Gasteiger partial charge in [0.15, 0.2) is 0 Å². The van der Waals surface area contributed by atoms with Gasteiger partial charge in [-0.1, -0.05) is 11.6 Å². The minimum atomic E-state index is 0.472. The second kappa shape index (κ2) is 6.64. The topological polar surface area (TPSA) is 60.0 Å². The molecule has 23 heavy (non-hydrogen) atoms. The summed E-state index contributed by atoms with van der Waals surface area (Å²) in [6.45, 7) is 2.70. The predicted octanol–water partition coefficient (Wildman–Crippen LogP) is 3.05. The molecule has 1 aliphatic heterocycles. The number of hydrogen-bond acceptors (Lipinski definition) is 6. The van der Waals surface area contributed by atoms with Crippen molar-refractivity contribution in [3.63, 3.8) is 0 Å². The molecular weight excluding hydrogens is 310 g/mol. The Morgan fingerprint density at radius 1 is 1.35 bits per heavy atom. The monoisotopic (exact) mass is 329 g/mol. The van der Waals surface area contributed by atoms with Crippen LogP contribution >= 0.6 is 11.3 Å². The number of hydrogen-bond donors (Lipinski definition) is 0. The Morgan fingerprint density at radius 2 is 2.35 bits per heavy atom. The molecule has 0 spiro atoms. The van der Waals surface area contributed by atoms with Crippen LogP contribution in [0.15, 0.2) is 39.8 Å². The fourth-order valence-electron chi connectivity index (χ4n) is 3.10. The molecule has 4 rings (SSSR count). The number of rotatable bonds is 5. The molecule has 0 radical (unpaired) electrons. The van der Waals surface area contributed by atoms with Gasteiger partial charge in [0, 0.05) is 29.4 Å². The number of piperidine rings is 1. The molecule has 3 aromatic heterocycles. The minimum absolute atomic E-state index is 0.472. The van der Waals surface area contributed by atoms with Crippen molar-refractivity contribution in [1.82, 2.24) is 24.8 Å². The third-order valence-electron chi connectivity index (χ3n) is 4.29. The van der Waals surface area contributed by atoms with Gasteiger partial charge in [0.05, 0.1) is 13.1 Å². The maximum atomic E-state index is 5.45. The molecule has 1 atom stereocenters. The van der Waals surface area contributed by atoms with Gasteiger partial charge in [-0.2, -0.15) is 21.4 Å². The SMILES string of the molecule is c1cnn(C[C@@H]2CCCCN2Cc2nc(-c3ccsc3)no2)c1. The van der Waals surface area contributed by atoms with Crippen LogP contribution in [0.5, 0.6) is 0 Å². The van der Waals surface area contributed by atoms with Gasteiger partial charge < -0.3 is 4.52 Å². The van der Waals surface area contributed by atoms with Crippen LogP contribution in [0.3, 0.4) is 0 Å². The van der Waals surface area contributed by atoms with Gasteiger partial charge in [-0.3, -0.25) is 9.58 Å². The molecule has 7 heteroatoms. The summed E-state index contributed by atoms with van der Waals surface area (Å²) in [5.74, 6) is 1.38. The summed E-state index contributed by atoms with van der Waals surface area (Å²) in [5.41, 5.74) is 1.02. The van der Waals surface area contributed by atoms with E-state index in [0.717, 1.165) is 18.7 Å². The number of nitrogens with zero attached hydrogens (tertiary/aromatic N) is 5. The van der Waals surface area contributed by atoms with E-state index >= 15 is 0 Å². The first kappa shape index (κ1) is 14.6. The highest BCUT2D eigenvalue weighted by atomic mass is 32.1. The summed E-state index contributed by atoms with van der Waals surface area (Å²) in [6.07, 6.45) is 7.53. The van der Waals surface area contributed by atoms with Crippen molar-refractivity contribution in [1.29, 1.82) is 0 Å². The summed E-state index contributed by atoms with van der Waals surface area (Å²) in [7, 11) is 0. The van der Waals surface area contributed by atoms with Crippen molar-refractivity contribution in [3.8, 4) is 11.4 Å². The van der Waals surface area contributed by atoms with Crippen molar-refractivity contribution in [2.75, 3.05) is 6.54 Å². The molecule has 1 saturated heterocycles. The van der Waals surface area contributed by atoms with Gasteiger partial charge in [-0.05, 0) is 36.9 Å². The number of aromatic nitrogens is 4. The standard InChI is InChI=1S/C16H19N5OS/c1-2-7-20(14(4-1)10-21-8-3-6-17-21)11-15-18-16(19-22-15)13-5-9-23-12-13/h3,5-6,8-9,12,14H,1-2,4,7,10-11H2/t14-/m0/s1. The van der Waals surface area contributed by atoms with Gasteiger partial charge in [0.25, 0.3) is 0 Å². The van der Waals surface area contributed by atoms with Crippen LogP contribution < -0.4 is 0 Å². The lowest BCUT2D eigenvalue weighted by atomic mass is 10.0. The van der Waals surface area contributed by atoms with Crippen molar-refractivity contribution in [2.45, 2.75) is 38.4 Å². The van der Waals surface area contributed by atoms with Gasteiger partial charge >= 0.3 is 0 Å². The highest BCUT2D eigenvalue weighted by Crippen LogP contribution is 2.22. The molecule has 0 aromatic carbocycles. The predicted molar refractivity (Wildman–Crippen MR) is 87.9 cm³/mol. The zero-order chi connectivity index (χ0) is 15.5. The average Bonchev–Trinajstić information content (AvgIpc) is 3.31. The summed E-state index contributed by atoms with van der Waals surface area (Å²) in [5, 5.41) is 12.5. The largest absolute Gasteiger partial charge is 0.338 e. The average molecular weight is 329 g/mol. The van der Waals surface area contributed by atoms with E-state index in [1.54, 1.807) is 11.3 Å². The molecule has 0 saturated carbocycles. The van der Waals surface area contributed by atoms with Crippen LogP contribution in [0.2, 0.25) is 0 Å². The molecule has 0 bridgehead atoms. The molecule has 0 amide bonds. The van der Waals surface area contributed by atoms with E-state index in [-0.39, 0.29) is 0 Å². The molecule has 0 unspecified atom stereocenters. The Hall–Kier alpha value is -1.99. The first-order chi connectivity index (χ1) is 11.4. The van der Waals surface area contributed by atoms with Crippen LogP contribution in [0.25, 0.3) is 11.4 Å². The lowest BCUT2D eigenvalue weighted by Gasteiger charge is -2.34. The van der Waals surface area contributed by atoms with Crippen molar-refractivity contribution in [2.24, 2.45) is 0 Å². The van der Waals surface area contributed by atoms with Crippen LogP contribution in [0, 0.1) is 0 Å². The zero-order valence-corrected chi connectivity index (χ0v) is 13.7. The molecule has 0 N–H and O–H groups in total. The van der Waals surface area contributed by atoms with E-state index in [2.05, 4.69) is 20.1 Å². The second-order valence-corrected chi connectivity index (χ2v) is 6.65. The van der Waals surface area contributed by atoms with Crippen LogP contribution in [-0.4, -0.2) is 37.4 Å². The first-order valence-corrected chi connectivity index (χ1v) is 8.89. The Balaban J connectivity index is 1.45. The first-order valence-electron chi connectivity index (χ1n) is 7.95. The summed E-state index contributed by atoms with van der Waals surface area (Å²) in [6, 6.07) is 4.46. The Morgan fingerprint density at radius 3 is 3.17 bits per heavy atom. The van der Waals surface area contributed by atoms with Crippen LogP contribution in [0.4, 0.5) is 0 Å². The molecule has 1 aliphatic rings. The van der Waals surface area contributed by atoms with Crippen molar-refractivity contribution >= 4 is 11.3 Å². The van der Waals surface area contributed by atoms with Crippen LogP contribution in [-0.2, 0) is 13.1 Å². The van der Waals surface area contributed by atoms with E-state index in [1.165, 1.54) is 19.3 Å². The molecule has 0 aliphatic carbocycles. The normalized spacial score (nSPS) is 19.2. The van der Waals surface area contributed by atoms with Gasteiger partial charge in [0.1, 0.15) is 0 Å². The Kier molecular flexibility index (Phi) is 4.21. The number of thiophene rings is 1. The van der Waals surface area contributed by atoms with E-state index in [0.29, 0.717) is 24.3 Å². The Bertz CT molecular complexity index is 722. The maximum absolute atomic E-state index is 5.45. The van der Waals surface area contributed by atoms with E-state index in [1.807, 2.05) is 40.0 Å². The quantitative estimate of drug-likeness (QED) is 0.720. The summed E-state index contributed by atoms with van der Waals surface area (Å²) >= 11 is 1.64. The lowest BCUT2D eigenvalue weighted by molar-refractivity contribution is 0.108. The molecule has 6 nitrogen and oxygen atoms in total. The smallest absolute Gasteiger partial charge is 0.241 e. The fourth-order valence-corrected chi connectivity index (χ4v) is 3.74. The van der Waals surface area contributed by atoms with Crippen molar-refractivity contribution < 1.29 is 4.52 Å². The molecule has 120 valence electrons. The van der Waals surface area contributed by atoms with Gasteiger partial charge in [-0.25, -0.2) is 0 Å². The van der Waals surface area contributed by atoms with Crippen molar-refractivity contribution in [3.05, 3.63) is 41.2 Å². The molecule has 4 heterocycles. The molecule has 3 aromatic rings.